The van der Waals surface area contributed by atoms with Crippen LogP contribution in [0.15, 0.2) is 27.9 Å². The van der Waals surface area contributed by atoms with Crippen molar-refractivity contribution in [1.82, 2.24) is 10.2 Å². The number of halogens is 1. The van der Waals surface area contributed by atoms with Gasteiger partial charge in [0.25, 0.3) is 0 Å². The van der Waals surface area contributed by atoms with Crippen LogP contribution in [-0.4, -0.2) is 36.6 Å². The van der Waals surface area contributed by atoms with Crippen molar-refractivity contribution < 1.29 is 14.3 Å². The Bertz CT molecular complexity index is 718. The molecule has 0 amide bonds. The van der Waals surface area contributed by atoms with Crippen molar-refractivity contribution in [3.63, 3.8) is 0 Å². The highest BCUT2D eigenvalue weighted by Gasteiger charge is 2.31. The molecule has 0 aromatic heterocycles. The number of hydrogen-bond donors (Lipinski definition) is 1. The van der Waals surface area contributed by atoms with Gasteiger partial charge in [-0.05, 0) is 66.6 Å². The third-order valence-electron chi connectivity index (χ3n) is 4.01. The number of ketones is 1. The number of rotatable bonds is 5. The minimum absolute atomic E-state index is 0.00308. The van der Waals surface area contributed by atoms with E-state index in [2.05, 4.69) is 21.2 Å². The van der Waals surface area contributed by atoms with Crippen LogP contribution in [0.4, 0.5) is 0 Å². The first-order valence-electron chi connectivity index (χ1n) is 7.57. The Balaban J connectivity index is 2.59. The molecule has 130 valence electrons. The number of hydrogen-bond acceptors (Lipinski definition) is 4. The second kappa shape index (κ2) is 7.53. The molecule has 0 saturated heterocycles. The van der Waals surface area contributed by atoms with E-state index < -0.39 is 0 Å². The summed E-state index contributed by atoms with van der Waals surface area (Å²) in [6, 6.07) is 3.47. The predicted octanol–water partition coefficient (Wildman–Crippen LogP) is 3.58. The van der Waals surface area contributed by atoms with Crippen LogP contribution in [0.2, 0.25) is 0 Å². The summed E-state index contributed by atoms with van der Waals surface area (Å²) in [6.45, 7) is 5.91. The monoisotopic (exact) mass is 412 g/mol. The Labute approximate surface area is 156 Å². The fourth-order valence-electron chi connectivity index (χ4n) is 2.73. The number of ether oxygens (including phenoxy) is 2. The van der Waals surface area contributed by atoms with E-state index in [-0.39, 0.29) is 11.8 Å². The highest BCUT2D eigenvalue weighted by atomic mass is 79.9. The van der Waals surface area contributed by atoms with Gasteiger partial charge >= 0.3 is 0 Å². The normalized spacial score (nSPS) is 17.7. The average Bonchev–Trinajstić information content (AvgIpc) is 2.53. The molecule has 1 aromatic rings. The Hall–Kier alpha value is -1.60. The van der Waals surface area contributed by atoms with E-state index in [0.29, 0.717) is 28.8 Å². The molecule has 2 rings (SSSR count). The molecule has 0 bridgehead atoms. The van der Waals surface area contributed by atoms with Crippen LogP contribution < -0.4 is 14.8 Å². The molecule has 1 unspecified atom stereocenters. The number of nitrogens with zero attached hydrogens (tertiary/aromatic N) is 1. The Kier molecular flexibility index (Phi) is 5.87. The standard InChI is InChI=1S/C17H21BrN2O3S/c1-6-23-16-12(18)7-11(8-13(16)22-5)15-14(10(3)21)9(2)20(4)17(24)19-15/h7-8,15H,6H2,1-5H3,(H,19,24). The number of Topliss-reactive ketones (excluding diaryl/α,β-unsaturated/α-hetero) is 1. The third-order valence-corrected chi connectivity index (χ3v) is 4.99. The van der Waals surface area contributed by atoms with Crippen molar-refractivity contribution in [1.29, 1.82) is 0 Å². The van der Waals surface area contributed by atoms with E-state index in [1.807, 2.05) is 37.9 Å². The summed E-state index contributed by atoms with van der Waals surface area (Å²) in [4.78, 5) is 14.0. The van der Waals surface area contributed by atoms with E-state index in [9.17, 15) is 4.79 Å². The van der Waals surface area contributed by atoms with Crippen LogP contribution >= 0.6 is 28.1 Å². The molecular formula is C17H21BrN2O3S. The summed E-state index contributed by atoms with van der Waals surface area (Å²) in [7, 11) is 3.44. The topological polar surface area (TPSA) is 50.8 Å². The lowest BCUT2D eigenvalue weighted by Gasteiger charge is -2.35. The average molecular weight is 413 g/mol. The maximum Gasteiger partial charge on any atom is 0.175 e. The molecule has 0 aliphatic carbocycles. The molecule has 1 N–H and O–H groups in total. The van der Waals surface area contributed by atoms with Crippen molar-refractivity contribution in [3.05, 3.63) is 33.4 Å². The minimum Gasteiger partial charge on any atom is -0.493 e. The molecule has 0 saturated carbocycles. The zero-order valence-corrected chi connectivity index (χ0v) is 16.8. The predicted molar refractivity (Wildman–Crippen MR) is 101 cm³/mol. The zero-order chi connectivity index (χ0) is 18.0. The molecule has 1 aliphatic heterocycles. The first kappa shape index (κ1) is 18.7. The van der Waals surface area contributed by atoms with Gasteiger partial charge in [0.1, 0.15) is 0 Å². The molecule has 7 heteroatoms. The quantitative estimate of drug-likeness (QED) is 0.745. The van der Waals surface area contributed by atoms with Gasteiger partial charge < -0.3 is 19.7 Å². The van der Waals surface area contributed by atoms with E-state index in [4.69, 9.17) is 21.7 Å². The van der Waals surface area contributed by atoms with E-state index in [0.717, 1.165) is 15.7 Å². The summed E-state index contributed by atoms with van der Waals surface area (Å²) in [5.74, 6) is 1.25. The number of nitrogens with one attached hydrogen (secondary N) is 1. The van der Waals surface area contributed by atoms with Crippen LogP contribution in [0.3, 0.4) is 0 Å². The van der Waals surface area contributed by atoms with Gasteiger partial charge in [0, 0.05) is 18.3 Å². The van der Waals surface area contributed by atoms with Crippen LogP contribution in [0.5, 0.6) is 11.5 Å². The number of methoxy groups -OCH3 is 1. The molecule has 1 aromatic carbocycles. The SMILES string of the molecule is CCOc1c(Br)cc(C2NC(=S)N(C)C(C)=C2C(C)=O)cc1OC. The summed E-state index contributed by atoms with van der Waals surface area (Å²) >= 11 is 8.91. The second-order valence-corrected chi connectivity index (χ2v) is 6.70. The molecule has 1 aliphatic rings. The fraction of sp³-hybridized carbons (Fsp3) is 0.412. The number of carbonyl (C=O) groups is 1. The zero-order valence-electron chi connectivity index (χ0n) is 14.4. The second-order valence-electron chi connectivity index (χ2n) is 5.46. The molecule has 1 heterocycles. The fourth-order valence-corrected chi connectivity index (χ4v) is 3.56. The minimum atomic E-state index is -0.327. The molecule has 0 spiro atoms. The number of allylic oxidation sites excluding steroid dienone is 1. The van der Waals surface area contributed by atoms with Gasteiger partial charge in [0.2, 0.25) is 0 Å². The lowest BCUT2D eigenvalue weighted by Crippen LogP contribution is -2.45. The van der Waals surface area contributed by atoms with Crippen molar-refractivity contribution in [2.75, 3.05) is 20.8 Å². The van der Waals surface area contributed by atoms with Crippen molar-refractivity contribution in [3.8, 4) is 11.5 Å². The molecule has 0 radical (unpaired) electrons. The molecule has 5 nitrogen and oxygen atoms in total. The highest BCUT2D eigenvalue weighted by molar-refractivity contribution is 9.10. The Morgan fingerprint density at radius 3 is 2.67 bits per heavy atom. The van der Waals surface area contributed by atoms with Crippen LogP contribution in [0.25, 0.3) is 0 Å². The molecule has 24 heavy (non-hydrogen) atoms. The summed E-state index contributed by atoms with van der Waals surface area (Å²) < 4.78 is 11.9. The first-order valence-corrected chi connectivity index (χ1v) is 8.78. The Morgan fingerprint density at radius 1 is 1.46 bits per heavy atom. The lowest BCUT2D eigenvalue weighted by molar-refractivity contribution is -0.114. The summed E-state index contributed by atoms with van der Waals surface area (Å²) in [6.07, 6.45) is 0. The van der Waals surface area contributed by atoms with Crippen molar-refractivity contribution >= 4 is 39.0 Å². The largest absolute Gasteiger partial charge is 0.493 e. The first-order chi connectivity index (χ1) is 11.3. The van der Waals surface area contributed by atoms with Gasteiger partial charge in [-0.1, -0.05) is 0 Å². The third kappa shape index (κ3) is 3.42. The van der Waals surface area contributed by atoms with Gasteiger partial charge in [0.05, 0.1) is 24.2 Å². The van der Waals surface area contributed by atoms with Crippen LogP contribution in [0, 0.1) is 0 Å². The summed E-state index contributed by atoms with van der Waals surface area (Å²) in [5, 5.41) is 3.81. The van der Waals surface area contributed by atoms with Gasteiger partial charge in [-0.2, -0.15) is 0 Å². The highest BCUT2D eigenvalue weighted by Crippen LogP contribution is 2.40. The number of benzene rings is 1. The van der Waals surface area contributed by atoms with Crippen LogP contribution in [0.1, 0.15) is 32.4 Å². The molecule has 1 atom stereocenters. The lowest BCUT2D eigenvalue weighted by atomic mass is 9.92. The van der Waals surface area contributed by atoms with Crippen molar-refractivity contribution in [2.45, 2.75) is 26.8 Å². The van der Waals surface area contributed by atoms with Gasteiger partial charge in [-0.25, -0.2) is 0 Å². The summed E-state index contributed by atoms with van der Waals surface area (Å²) in [5.41, 5.74) is 2.41. The van der Waals surface area contributed by atoms with Gasteiger partial charge in [-0.3, -0.25) is 4.79 Å². The number of carbonyl (C=O) groups excluding carboxylic acids is 1. The van der Waals surface area contributed by atoms with Gasteiger partial charge in [0.15, 0.2) is 22.4 Å². The van der Waals surface area contributed by atoms with E-state index in [1.165, 1.54) is 0 Å². The van der Waals surface area contributed by atoms with E-state index in [1.54, 1.807) is 14.0 Å². The smallest absolute Gasteiger partial charge is 0.175 e. The maximum atomic E-state index is 12.2. The van der Waals surface area contributed by atoms with E-state index >= 15 is 0 Å². The maximum absolute atomic E-state index is 12.2. The molecular weight excluding hydrogens is 392 g/mol. The van der Waals surface area contributed by atoms with Gasteiger partial charge in [-0.15, -0.1) is 0 Å². The Morgan fingerprint density at radius 2 is 2.12 bits per heavy atom. The molecule has 0 fully saturated rings. The number of thiocarbonyl (C=S) groups is 1. The van der Waals surface area contributed by atoms with Crippen molar-refractivity contribution in [2.24, 2.45) is 0 Å². The van der Waals surface area contributed by atoms with Crippen LogP contribution in [-0.2, 0) is 4.79 Å².